The van der Waals surface area contributed by atoms with E-state index in [9.17, 15) is 0 Å². The number of rotatable bonds is 2. The normalized spacial score (nSPS) is 11.0. The molecule has 3 aromatic heterocycles. The van der Waals surface area contributed by atoms with Crippen LogP contribution in [0.4, 0.5) is 0 Å². The fraction of sp³-hybridized carbons (Fsp3) is 0.286. The molecular formula is C14H16N6. The van der Waals surface area contributed by atoms with Crippen LogP contribution >= 0.6 is 0 Å². The fourth-order valence-electron chi connectivity index (χ4n) is 2.27. The van der Waals surface area contributed by atoms with Crippen LogP contribution in [0.15, 0.2) is 24.3 Å². The molecule has 0 aliphatic heterocycles. The van der Waals surface area contributed by atoms with Crippen LogP contribution in [0.5, 0.6) is 0 Å². The molecule has 0 atom stereocenters. The van der Waals surface area contributed by atoms with Gasteiger partial charge >= 0.3 is 0 Å². The molecule has 0 aromatic carbocycles. The van der Waals surface area contributed by atoms with Gasteiger partial charge in [-0.25, -0.2) is 9.36 Å². The molecule has 0 spiro atoms. The Morgan fingerprint density at radius 2 is 1.10 bits per heavy atom. The van der Waals surface area contributed by atoms with Crippen LogP contribution in [0, 0.1) is 27.7 Å². The minimum Gasteiger partial charge on any atom is -0.218 e. The van der Waals surface area contributed by atoms with E-state index in [0.29, 0.717) is 11.6 Å². The molecule has 0 aliphatic carbocycles. The van der Waals surface area contributed by atoms with Gasteiger partial charge in [-0.05, 0) is 52.0 Å². The van der Waals surface area contributed by atoms with Gasteiger partial charge < -0.3 is 0 Å². The molecule has 0 radical (unpaired) electrons. The predicted octanol–water partition coefficient (Wildman–Crippen LogP) is 2.08. The second-order valence-corrected chi connectivity index (χ2v) is 4.93. The summed E-state index contributed by atoms with van der Waals surface area (Å²) >= 11 is 0. The van der Waals surface area contributed by atoms with E-state index >= 15 is 0 Å². The monoisotopic (exact) mass is 268 g/mol. The number of hydrogen-bond donors (Lipinski definition) is 0. The highest BCUT2D eigenvalue weighted by molar-refractivity contribution is 5.31. The van der Waals surface area contributed by atoms with Crippen molar-refractivity contribution < 1.29 is 0 Å². The largest absolute Gasteiger partial charge is 0.218 e. The summed E-state index contributed by atoms with van der Waals surface area (Å²) in [5.74, 6) is 1.42. The second-order valence-electron chi connectivity index (χ2n) is 4.93. The molecular weight excluding hydrogens is 252 g/mol. The molecule has 102 valence electrons. The molecule has 6 nitrogen and oxygen atoms in total. The molecule has 0 aliphatic rings. The molecule has 0 saturated carbocycles. The van der Waals surface area contributed by atoms with Crippen molar-refractivity contribution in [3.63, 3.8) is 0 Å². The first-order valence-electron chi connectivity index (χ1n) is 6.45. The highest BCUT2D eigenvalue weighted by Gasteiger charge is 2.08. The Balaban J connectivity index is 1.99. The first kappa shape index (κ1) is 12.5. The van der Waals surface area contributed by atoms with Crippen LogP contribution in [0.3, 0.4) is 0 Å². The lowest BCUT2D eigenvalue weighted by atomic mass is 10.4. The van der Waals surface area contributed by atoms with Crippen molar-refractivity contribution in [2.75, 3.05) is 0 Å². The molecule has 3 rings (SSSR count). The SMILES string of the molecule is Cc1cc(C)n(-c2ccc(-n3nc(C)cc3C)nn2)n1. The molecule has 20 heavy (non-hydrogen) atoms. The van der Waals surface area contributed by atoms with E-state index in [4.69, 9.17) is 0 Å². The molecule has 0 N–H and O–H groups in total. The average Bonchev–Trinajstić information content (AvgIpc) is 2.92. The lowest BCUT2D eigenvalue weighted by Gasteiger charge is -2.05. The summed E-state index contributed by atoms with van der Waals surface area (Å²) in [5, 5.41) is 17.3. The zero-order chi connectivity index (χ0) is 14.3. The Kier molecular flexibility index (Phi) is 2.85. The second kappa shape index (κ2) is 4.56. The van der Waals surface area contributed by atoms with Crippen LogP contribution in [0.2, 0.25) is 0 Å². The van der Waals surface area contributed by atoms with Gasteiger partial charge in [0.1, 0.15) is 0 Å². The van der Waals surface area contributed by atoms with E-state index in [1.165, 1.54) is 0 Å². The molecule has 0 unspecified atom stereocenters. The van der Waals surface area contributed by atoms with Gasteiger partial charge in [0.25, 0.3) is 0 Å². The van der Waals surface area contributed by atoms with Crippen molar-refractivity contribution in [1.82, 2.24) is 29.8 Å². The van der Waals surface area contributed by atoms with E-state index in [1.54, 1.807) is 9.36 Å². The molecule has 0 fully saturated rings. The van der Waals surface area contributed by atoms with Gasteiger partial charge in [0.05, 0.1) is 11.4 Å². The van der Waals surface area contributed by atoms with Gasteiger partial charge in [-0.3, -0.25) is 0 Å². The van der Waals surface area contributed by atoms with Crippen LogP contribution in [0.25, 0.3) is 11.6 Å². The van der Waals surface area contributed by atoms with E-state index in [0.717, 1.165) is 22.8 Å². The van der Waals surface area contributed by atoms with Crippen LogP contribution < -0.4 is 0 Å². The average molecular weight is 268 g/mol. The first-order valence-corrected chi connectivity index (χ1v) is 6.45. The number of nitrogens with zero attached hydrogens (tertiary/aromatic N) is 6. The summed E-state index contributed by atoms with van der Waals surface area (Å²) in [6, 6.07) is 7.82. The van der Waals surface area contributed by atoms with Crippen molar-refractivity contribution in [1.29, 1.82) is 0 Å². The van der Waals surface area contributed by atoms with Crippen molar-refractivity contribution in [3.8, 4) is 11.6 Å². The highest BCUT2D eigenvalue weighted by Crippen LogP contribution is 2.12. The zero-order valence-electron chi connectivity index (χ0n) is 12.0. The van der Waals surface area contributed by atoms with Crippen molar-refractivity contribution in [3.05, 3.63) is 47.0 Å². The van der Waals surface area contributed by atoms with Gasteiger partial charge in [0.15, 0.2) is 11.6 Å². The summed E-state index contributed by atoms with van der Waals surface area (Å²) in [7, 11) is 0. The Morgan fingerprint density at radius 3 is 1.35 bits per heavy atom. The molecule has 3 aromatic rings. The summed E-state index contributed by atoms with van der Waals surface area (Å²) in [4.78, 5) is 0. The van der Waals surface area contributed by atoms with Gasteiger partial charge in [-0.1, -0.05) is 0 Å². The standard InChI is InChI=1S/C14H16N6/c1-9-7-11(3)19(17-9)13-5-6-14(16-15-13)20-12(4)8-10(2)18-20/h5-8H,1-4H3. The maximum atomic E-state index is 4.40. The molecule has 0 amide bonds. The van der Waals surface area contributed by atoms with Gasteiger partial charge in [-0.2, -0.15) is 10.2 Å². The lowest BCUT2D eigenvalue weighted by Crippen LogP contribution is -2.07. The minimum absolute atomic E-state index is 0.709. The van der Waals surface area contributed by atoms with Gasteiger partial charge in [0.2, 0.25) is 0 Å². The molecule has 0 saturated heterocycles. The number of aromatic nitrogens is 6. The highest BCUT2D eigenvalue weighted by atomic mass is 15.4. The van der Waals surface area contributed by atoms with Crippen LogP contribution in [-0.4, -0.2) is 29.8 Å². The van der Waals surface area contributed by atoms with E-state index < -0.39 is 0 Å². The topological polar surface area (TPSA) is 61.4 Å². The van der Waals surface area contributed by atoms with Crippen molar-refractivity contribution in [2.24, 2.45) is 0 Å². The van der Waals surface area contributed by atoms with E-state index in [-0.39, 0.29) is 0 Å². The van der Waals surface area contributed by atoms with Gasteiger partial charge in [-0.15, -0.1) is 10.2 Å². The lowest BCUT2D eigenvalue weighted by molar-refractivity contribution is 0.744. The van der Waals surface area contributed by atoms with Crippen molar-refractivity contribution >= 4 is 0 Å². The Bertz CT molecular complexity index is 685. The zero-order valence-corrected chi connectivity index (χ0v) is 12.0. The Morgan fingerprint density at radius 1 is 0.700 bits per heavy atom. The van der Waals surface area contributed by atoms with Gasteiger partial charge in [0, 0.05) is 11.4 Å². The third-order valence-electron chi connectivity index (χ3n) is 3.09. The summed E-state index contributed by atoms with van der Waals surface area (Å²) in [5.41, 5.74) is 4.00. The maximum absolute atomic E-state index is 4.40. The molecule has 3 heterocycles. The third-order valence-corrected chi connectivity index (χ3v) is 3.09. The fourth-order valence-corrected chi connectivity index (χ4v) is 2.27. The summed E-state index contributed by atoms with van der Waals surface area (Å²) in [6.07, 6.45) is 0. The van der Waals surface area contributed by atoms with Crippen LogP contribution in [0.1, 0.15) is 22.8 Å². The number of hydrogen-bond acceptors (Lipinski definition) is 4. The predicted molar refractivity (Wildman–Crippen MR) is 75.2 cm³/mol. The van der Waals surface area contributed by atoms with Crippen LogP contribution in [-0.2, 0) is 0 Å². The Hall–Kier alpha value is -2.50. The molecule has 6 heteroatoms. The maximum Gasteiger partial charge on any atom is 0.176 e. The number of aryl methyl sites for hydroxylation is 4. The summed E-state index contributed by atoms with van der Waals surface area (Å²) in [6.45, 7) is 7.91. The minimum atomic E-state index is 0.709. The summed E-state index contributed by atoms with van der Waals surface area (Å²) < 4.78 is 3.57. The molecule has 0 bridgehead atoms. The smallest absolute Gasteiger partial charge is 0.176 e. The third kappa shape index (κ3) is 2.09. The Labute approximate surface area is 117 Å². The van der Waals surface area contributed by atoms with E-state index in [2.05, 4.69) is 20.4 Å². The first-order chi connectivity index (χ1) is 9.54. The quantitative estimate of drug-likeness (QED) is 0.714. The van der Waals surface area contributed by atoms with E-state index in [1.807, 2.05) is 52.0 Å². The van der Waals surface area contributed by atoms with Crippen molar-refractivity contribution in [2.45, 2.75) is 27.7 Å².